The van der Waals surface area contributed by atoms with Gasteiger partial charge in [-0.2, -0.15) is 0 Å². The molecule has 0 amide bonds. The summed E-state index contributed by atoms with van der Waals surface area (Å²) in [6, 6.07) is 0. The third-order valence-electron chi connectivity index (χ3n) is 17.4. The van der Waals surface area contributed by atoms with Gasteiger partial charge in [0.05, 0.1) is 31.0 Å². The number of fused-ring (bicyclic) bond motifs is 2. The molecule has 0 radical (unpaired) electrons. The highest BCUT2D eigenvalue weighted by Crippen LogP contribution is 2.89. The Balaban J connectivity index is 1.11. The molecule has 2 aliphatic heterocycles. The van der Waals surface area contributed by atoms with Crippen molar-refractivity contribution >= 4 is 5.78 Å². The molecule has 0 aromatic heterocycles. The van der Waals surface area contributed by atoms with Crippen LogP contribution in [0.15, 0.2) is 0 Å². The van der Waals surface area contributed by atoms with E-state index in [1.807, 2.05) is 13.8 Å². The molecule has 7 aliphatic rings. The van der Waals surface area contributed by atoms with Crippen molar-refractivity contribution in [1.82, 2.24) is 0 Å². The lowest BCUT2D eigenvalue weighted by atomic mass is 9.41. The predicted octanol–water partition coefficient (Wildman–Crippen LogP) is 2.05. The van der Waals surface area contributed by atoms with Gasteiger partial charge in [0.2, 0.25) is 0 Å². The maximum atomic E-state index is 12.6. The largest absolute Gasteiger partial charge is 0.394 e. The first kappa shape index (κ1) is 42.3. The highest BCUT2D eigenvalue weighted by atomic mass is 16.8. The molecule has 5 aliphatic carbocycles. The minimum Gasteiger partial charge on any atom is -0.394 e. The number of carbonyl (C=O) groups is 1. The third-order valence-corrected chi connectivity index (χ3v) is 17.4. The Hall–Kier alpha value is -0.810. The number of hydrogen-bond acceptors (Lipinski definition) is 13. The smallest absolute Gasteiger partial charge is 0.187 e. The van der Waals surface area contributed by atoms with Crippen molar-refractivity contribution in [2.45, 2.75) is 193 Å². The van der Waals surface area contributed by atoms with Gasteiger partial charge >= 0.3 is 0 Å². The van der Waals surface area contributed by atoms with E-state index in [-0.39, 0.29) is 57.0 Å². The zero-order valence-electron chi connectivity index (χ0n) is 34.1. The number of aliphatic hydroxyl groups excluding tert-OH is 8. The van der Waals surface area contributed by atoms with Crippen LogP contribution in [0.3, 0.4) is 0 Å². The molecule has 8 N–H and O–H groups in total. The van der Waals surface area contributed by atoms with Crippen molar-refractivity contribution in [3.8, 4) is 0 Å². The van der Waals surface area contributed by atoms with Crippen LogP contribution in [0.25, 0.3) is 0 Å². The average molecular weight is 783 g/mol. The second-order valence-corrected chi connectivity index (χ2v) is 20.5. The highest BCUT2D eigenvalue weighted by molar-refractivity contribution is 5.80. The molecular formula is C42H70O13. The van der Waals surface area contributed by atoms with E-state index in [9.17, 15) is 45.6 Å². The van der Waals surface area contributed by atoms with Gasteiger partial charge in [-0.05, 0) is 104 Å². The maximum absolute atomic E-state index is 12.6. The summed E-state index contributed by atoms with van der Waals surface area (Å²) in [5, 5.41) is 87.8. The molecule has 0 aromatic carbocycles. The van der Waals surface area contributed by atoms with Crippen LogP contribution in [0.4, 0.5) is 0 Å². The summed E-state index contributed by atoms with van der Waals surface area (Å²) in [4.78, 5) is 12.6. The van der Waals surface area contributed by atoms with Crippen LogP contribution < -0.4 is 0 Å². The minimum atomic E-state index is -1.65. The van der Waals surface area contributed by atoms with E-state index >= 15 is 0 Å². The van der Waals surface area contributed by atoms with Crippen LogP contribution in [-0.4, -0.2) is 133 Å². The van der Waals surface area contributed by atoms with Crippen LogP contribution in [0.5, 0.6) is 0 Å². The Labute approximate surface area is 326 Å². The molecule has 316 valence electrons. The summed E-state index contributed by atoms with van der Waals surface area (Å²) in [5.41, 5.74) is -1.27. The van der Waals surface area contributed by atoms with Gasteiger partial charge in [-0.25, -0.2) is 0 Å². The van der Waals surface area contributed by atoms with Crippen molar-refractivity contribution in [3.63, 3.8) is 0 Å². The Kier molecular flexibility index (Phi) is 11.1. The molecule has 7 rings (SSSR count). The molecule has 21 atom stereocenters. The highest BCUT2D eigenvalue weighted by Gasteiger charge is 2.85. The second-order valence-electron chi connectivity index (χ2n) is 20.5. The zero-order valence-corrected chi connectivity index (χ0v) is 34.1. The van der Waals surface area contributed by atoms with E-state index in [1.54, 1.807) is 0 Å². The first-order valence-corrected chi connectivity index (χ1v) is 21.1. The Morgan fingerprint density at radius 1 is 0.782 bits per heavy atom. The Bertz CT molecular complexity index is 1430. The summed E-state index contributed by atoms with van der Waals surface area (Å²) in [7, 11) is 0. The number of hydrogen-bond donors (Lipinski definition) is 8. The van der Waals surface area contributed by atoms with Crippen molar-refractivity contribution in [2.75, 3.05) is 6.61 Å². The number of carbonyl (C=O) groups excluding carboxylic acids is 1. The topological polar surface area (TPSA) is 216 Å². The summed E-state index contributed by atoms with van der Waals surface area (Å²) in [6.45, 7) is 16.0. The molecule has 0 unspecified atom stereocenters. The quantitative estimate of drug-likeness (QED) is 0.149. The second kappa shape index (κ2) is 14.4. The molecule has 5 saturated carbocycles. The SMILES string of the molecule is CC(C)C(=O)CC[C@@H](C)[C@H]1[C@@H](O)C[C@@]2(C)[C@@H]3CC[C@@H]4C(C)(C)[C@@H](O[C@H]5O[C@H](CO)[C@@H](O)[C@H](O)[C@H]5O[C@H]5O[C@@H](C)[C@H](O)[C@@H](O)[C@H]5O)CC[C@@]45C[C@@]35[C@H](O)C[C@]12C. The standard InChI is InChI=1S/C42H70O13/c1-19(2)22(44)10-9-20(3)29-23(45)15-39(7)26-12-11-25-38(5,6)28(13-14-41(25)18-42(26,41)27(46)16-40(29,39)8)54-37-35(33(50)31(48)24(17-43)53-37)55-36-34(51)32(49)30(47)21(4)52-36/h19-21,23-37,43,45-51H,9-18H2,1-8H3/t20-,21+,23+,24-,25-,26+,27-,28+,29+,30+,31-,32-,33+,34-,35-,36-,37-,39+,40-,41-,42+/m1/s1. The Morgan fingerprint density at radius 2 is 1.45 bits per heavy atom. The lowest BCUT2D eigenvalue weighted by Gasteiger charge is -2.64. The molecule has 2 spiro atoms. The molecule has 0 aromatic rings. The summed E-state index contributed by atoms with van der Waals surface area (Å²) in [5.74, 6) is 0.815. The van der Waals surface area contributed by atoms with Gasteiger partial charge in [0.1, 0.15) is 48.5 Å². The Morgan fingerprint density at radius 3 is 2.11 bits per heavy atom. The normalized spacial score (nSPS) is 54.9. The molecule has 0 bridgehead atoms. The fourth-order valence-electron chi connectivity index (χ4n) is 14.3. The lowest BCUT2D eigenvalue weighted by Crippen LogP contribution is -2.65. The summed E-state index contributed by atoms with van der Waals surface area (Å²) in [6.07, 6.45) is -8.54. The first-order valence-electron chi connectivity index (χ1n) is 21.1. The number of aliphatic hydroxyl groups is 8. The van der Waals surface area contributed by atoms with Crippen molar-refractivity contribution in [1.29, 1.82) is 0 Å². The molecular weight excluding hydrogens is 712 g/mol. The predicted molar refractivity (Wildman–Crippen MR) is 198 cm³/mol. The van der Waals surface area contributed by atoms with Crippen LogP contribution in [-0.2, 0) is 23.7 Å². The fourth-order valence-corrected chi connectivity index (χ4v) is 14.3. The molecule has 55 heavy (non-hydrogen) atoms. The number of ether oxygens (including phenoxy) is 4. The van der Waals surface area contributed by atoms with Gasteiger partial charge < -0.3 is 59.8 Å². The van der Waals surface area contributed by atoms with Gasteiger partial charge in [-0.15, -0.1) is 0 Å². The van der Waals surface area contributed by atoms with E-state index in [0.29, 0.717) is 25.7 Å². The van der Waals surface area contributed by atoms with Gasteiger partial charge in [0.15, 0.2) is 12.6 Å². The fraction of sp³-hybridized carbons (Fsp3) is 0.976. The molecule has 2 heterocycles. The molecule has 13 heteroatoms. The van der Waals surface area contributed by atoms with Crippen molar-refractivity contribution in [2.24, 2.45) is 56.7 Å². The van der Waals surface area contributed by atoms with Crippen LogP contribution in [0, 0.1) is 56.7 Å². The minimum absolute atomic E-state index is 0.00333. The number of ketones is 1. The lowest BCUT2D eigenvalue weighted by molar-refractivity contribution is -0.375. The van der Waals surface area contributed by atoms with E-state index in [1.165, 1.54) is 6.92 Å². The molecule has 7 fully saturated rings. The van der Waals surface area contributed by atoms with Crippen molar-refractivity contribution in [3.05, 3.63) is 0 Å². The van der Waals surface area contributed by atoms with Crippen molar-refractivity contribution < 1.29 is 64.6 Å². The third kappa shape index (κ3) is 6.10. The monoisotopic (exact) mass is 782 g/mol. The average Bonchev–Trinajstić information content (AvgIpc) is 3.76. The van der Waals surface area contributed by atoms with Crippen LogP contribution in [0.1, 0.15) is 113 Å². The molecule has 2 saturated heterocycles. The van der Waals surface area contributed by atoms with E-state index in [4.69, 9.17) is 18.9 Å². The van der Waals surface area contributed by atoms with E-state index in [0.717, 1.165) is 32.1 Å². The van der Waals surface area contributed by atoms with E-state index < -0.39 is 91.7 Å². The molecule has 13 nitrogen and oxygen atoms in total. The van der Waals surface area contributed by atoms with Crippen LogP contribution >= 0.6 is 0 Å². The van der Waals surface area contributed by atoms with Gasteiger partial charge in [0.25, 0.3) is 0 Å². The van der Waals surface area contributed by atoms with Gasteiger partial charge in [-0.3, -0.25) is 4.79 Å². The maximum Gasteiger partial charge on any atom is 0.187 e. The summed E-state index contributed by atoms with van der Waals surface area (Å²) < 4.78 is 24.5. The summed E-state index contributed by atoms with van der Waals surface area (Å²) >= 11 is 0. The van der Waals surface area contributed by atoms with Gasteiger partial charge in [0, 0.05) is 17.8 Å². The van der Waals surface area contributed by atoms with Gasteiger partial charge in [-0.1, -0.05) is 48.5 Å². The number of rotatable bonds is 10. The first-order chi connectivity index (χ1) is 25.6. The van der Waals surface area contributed by atoms with Crippen LogP contribution in [0.2, 0.25) is 0 Å². The zero-order chi connectivity index (χ0) is 40.4. The number of Topliss-reactive ketones (excluding diaryl/α,β-unsaturated/α-hetero) is 1. The van der Waals surface area contributed by atoms with E-state index in [2.05, 4.69) is 34.6 Å².